The van der Waals surface area contributed by atoms with Crippen LogP contribution in [0, 0.1) is 11.3 Å². The second-order valence-electron chi connectivity index (χ2n) is 10.4. The number of nitriles is 1. The van der Waals surface area contributed by atoms with Gasteiger partial charge in [-0.05, 0) is 25.7 Å². The summed E-state index contributed by atoms with van der Waals surface area (Å²) in [6, 6.07) is 3.90. The van der Waals surface area contributed by atoms with Crippen molar-refractivity contribution in [2.24, 2.45) is 14.1 Å². The number of rotatable bonds is 8. The van der Waals surface area contributed by atoms with E-state index in [-0.39, 0.29) is 17.7 Å². The van der Waals surface area contributed by atoms with Crippen molar-refractivity contribution in [2.75, 3.05) is 35.8 Å². The number of aryl methyl sites for hydroxylation is 2. The van der Waals surface area contributed by atoms with Crippen molar-refractivity contribution in [3.8, 4) is 34.1 Å². The van der Waals surface area contributed by atoms with Crippen molar-refractivity contribution >= 4 is 29.2 Å². The molecular weight excluding hydrogens is 572 g/mol. The van der Waals surface area contributed by atoms with Crippen LogP contribution in [0.4, 0.5) is 29.2 Å². The second kappa shape index (κ2) is 14.1. The molecular formula is C30H36N14O. The van der Waals surface area contributed by atoms with Crippen LogP contribution >= 0.6 is 0 Å². The number of nitrogens with one attached hydrogen (secondary N) is 3. The van der Waals surface area contributed by atoms with Gasteiger partial charge in [-0.3, -0.25) is 9.36 Å². The maximum absolute atomic E-state index is 9.38. The fourth-order valence-corrected chi connectivity index (χ4v) is 4.94. The third kappa shape index (κ3) is 7.60. The Morgan fingerprint density at radius 1 is 0.844 bits per heavy atom. The number of ether oxygens (including phenoxy) is 1. The van der Waals surface area contributed by atoms with E-state index in [4.69, 9.17) is 10.5 Å². The summed E-state index contributed by atoms with van der Waals surface area (Å²) in [5, 5.41) is 26.9. The standard InChI is InChI=1S/C21H24N8O.C9H12N6/c1-23-20-17(14-10-26-29(2)13-14)12-25-21(28-20)27-15-8-19(18(9-22)24-11-15)30-16-6-4-3-5-7-16;1-11-8-7(4-12-9(10)14-8)6-3-13-15(2)5-6/h8,10-13,16H,3-7H2,1-2H3,(H2,23,25,27,28);3-5H,1-2H3,(H3,10,11,12,14). The van der Waals surface area contributed by atoms with Crippen LogP contribution in [0.25, 0.3) is 22.3 Å². The van der Waals surface area contributed by atoms with Crippen molar-refractivity contribution in [2.45, 2.75) is 38.2 Å². The van der Waals surface area contributed by atoms with Crippen LogP contribution in [0.15, 0.2) is 49.4 Å². The second-order valence-corrected chi connectivity index (χ2v) is 10.4. The van der Waals surface area contributed by atoms with E-state index in [9.17, 15) is 5.26 Å². The summed E-state index contributed by atoms with van der Waals surface area (Å²) in [5.41, 5.74) is 10.1. The molecule has 6 rings (SSSR count). The molecule has 0 saturated heterocycles. The predicted octanol–water partition coefficient (Wildman–Crippen LogP) is 4.14. The molecule has 5 heterocycles. The van der Waals surface area contributed by atoms with E-state index in [1.807, 2.05) is 33.5 Å². The van der Waals surface area contributed by atoms with Crippen LogP contribution in [-0.2, 0) is 14.1 Å². The molecule has 45 heavy (non-hydrogen) atoms. The van der Waals surface area contributed by atoms with Crippen LogP contribution < -0.4 is 26.4 Å². The van der Waals surface area contributed by atoms with Crippen LogP contribution in [0.1, 0.15) is 37.8 Å². The number of pyridine rings is 1. The quantitative estimate of drug-likeness (QED) is 0.196. The van der Waals surface area contributed by atoms with Gasteiger partial charge in [-0.2, -0.15) is 25.4 Å². The Labute approximate surface area is 260 Å². The number of hydrogen-bond acceptors (Lipinski definition) is 13. The first-order chi connectivity index (χ1) is 21.9. The Kier molecular flexibility index (Phi) is 9.63. The van der Waals surface area contributed by atoms with E-state index >= 15 is 0 Å². The molecule has 15 nitrogen and oxygen atoms in total. The minimum absolute atomic E-state index is 0.133. The molecule has 0 bridgehead atoms. The average molecular weight is 609 g/mol. The average Bonchev–Trinajstić information content (AvgIpc) is 3.69. The van der Waals surface area contributed by atoms with Crippen molar-refractivity contribution in [3.05, 3.63) is 55.1 Å². The van der Waals surface area contributed by atoms with Gasteiger partial charge < -0.3 is 26.4 Å². The molecule has 232 valence electrons. The highest BCUT2D eigenvalue weighted by Gasteiger charge is 2.18. The third-order valence-electron chi connectivity index (χ3n) is 7.16. The largest absolute Gasteiger partial charge is 0.487 e. The lowest BCUT2D eigenvalue weighted by molar-refractivity contribution is 0.154. The van der Waals surface area contributed by atoms with Crippen molar-refractivity contribution in [1.82, 2.24) is 44.5 Å². The Balaban J connectivity index is 0.000000223. The molecule has 0 aromatic carbocycles. The number of nitrogen functional groups attached to an aromatic ring is 1. The molecule has 0 spiro atoms. The van der Waals surface area contributed by atoms with Gasteiger partial charge in [0.2, 0.25) is 11.9 Å². The minimum Gasteiger partial charge on any atom is -0.487 e. The van der Waals surface area contributed by atoms with Gasteiger partial charge in [0.05, 0.1) is 30.4 Å². The number of anilines is 5. The zero-order valence-corrected chi connectivity index (χ0v) is 25.7. The highest BCUT2D eigenvalue weighted by atomic mass is 16.5. The Hall–Kier alpha value is -5.78. The molecule has 1 aliphatic carbocycles. The summed E-state index contributed by atoms with van der Waals surface area (Å²) in [6.45, 7) is 0. The molecule has 0 unspecified atom stereocenters. The van der Waals surface area contributed by atoms with E-state index in [0.717, 1.165) is 47.9 Å². The molecule has 0 atom stereocenters. The maximum atomic E-state index is 9.38. The Morgan fingerprint density at radius 2 is 1.47 bits per heavy atom. The first-order valence-electron chi connectivity index (χ1n) is 14.5. The lowest BCUT2D eigenvalue weighted by atomic mass is 9.98. The number of aromatic nitrogens is 9. The van der Waals surface area contributed by atoms with Crippen molar-refractivity contribution < 1.29 is 4.74 Å². The fourth-order valence-electron chi connectivity index (χ4n) is 4.94. The van der Waals surface area contributed by atoms with Gasteiger partial charge in [0.15, 0.2) is 11.4 Å². The lowest BCUT2D eigenvalue weighted by Crippen LogP contribution is -2.20. The summed E-state index contributed by atoms with van der Waals surface area (Å²) in [7, 11) is 7.33. The highest BCUT2D eigenvalue weighted by molar-refractivity contribution is 5.75. The highest BCUT2D eigenvalue weighted by Crippen LogP contribution is 2.30. The summed E-state index contributed by atoms with van der Waals surface area (Å²) in [5.74, 6) is 2.56. The third-order valence-corrected chi connectivity index (χ3v) is 7.16. The number of nitrogens with zero attached hydrogens (tertiary/aromatic N) is 10. The molecule has 0 amide bonds. The van der Waals surface area contributed by atoms with Crippen LogP contribution in [0.3, 0.4) is 0 Å². The van der Waals surface area contributed by atoms with Gasteiger partial charge in [0, 0.05) is 81.3 Å². The molecule has 5 N–H and O–H groups in total. The minimum atomic E-state index is 0.133. The molecule has 15 heteroatoms. The van der Waals surface area contributed by atoms with E-state index < -0.39 is 0 Å². The van der Waals surface area contributed by atoms with E-state index in [0.29, 0.717) is 29.0 Å². The molecule has 1 fully saturated rings. The molecule has 1 aliphatic rings. The molecule has 0 radical (unpaired) electrons. The molecule has 1 saturated carbocycles. The summed E-state index contributed by atoms with van der Waals surface area (Å²) in [6.07, 6.45) is 18.1. The summed E-state index contributed by atoms with van der Waals surface area (Å²) < 4.78 is 9.55. The van der Waals surface area contributed by atoms with E-state index in [1.165, 1.54) is 6.42 Å². The van der Waals surface area contributed by atoms with Crippen LogP contribution in [0.2, 0.25) is 0 Å². The number of nitrogens with two attached hydrogens (primary N) is 1. The lowest BCUT2D eigenvalue weighted by Gasteiger charge is -2.23. The van der Waals surface area contributed by atoms with Gasteiger partial charge >= 0.3 is 0 Å². The van der Waals surface area contributed by atoms with E-state index in [2.05, 4.69) is 57.1 Å². The fraction of sp³-hybridized carbons (Fsp3) is 0.333. The van der Waals surface area contributed by atoms with Gasteiger partial charge in [0.25, 0.3) is 0 Å². The maximum Gasteiger partial charge on any atom is 0.229 e. The van der Waals surface area contributed by atoms with Crippen molar-refractivity contribution in [1.29, 1.82) is 5.26 Å². The first kappa shape index (κ1) is 30.7. The first-order valence-corrected chi connectivity index (χ1v) is 14.5. The zero-order chi connectivity index (χ0) is 31.8. The van der Waals surface area contributed by atoms with Crippen LogP contribution in [0.5, 0.6) is 5.75 Å². The number of hydrogen-bond donors (Lipinski definition) is 4. The van der Waals surface area contributed by atoms with Gasteiger partial charge in [-0.15, -0.1) is 0 Å². The molecule has 5 aromatic rings. The summed E-state index contributed by atoms with van der Waals surface area (Å²) in [4.78, 5) is 21.3. The van der Waals surface area contributed by atoms with Crippen molar-refractivity contribution in [3.63, 3.8) is 0 Å². The SMILES string of the molecule is CNc1nc(N)ncc1-c1cnn(C)c1.CNc1nc(Nc2cnc(C#N)c(OC3CCCCC3)c2)ncc1-c1cnn(C)c1. The van der Waals surface area contributed by atoms with Gasteiger partial charge in [0.1, 0.15) is 17.7 Å². The van der Waals surface area contributed by atoms with E-state index in [1.54, 1.807) is 53.5 Å². The summed E-state index contributed by atoms with van der Waals surface area (Å²) >= 11 is 0. The zero-order valence-electron chi connectivity index (χ0n) is 25.7. The Morgan fingerprint density at radius 3 is 2.04 bits per heavy atom. The monoisotopic (exact) mass is 608 g/mol. The Bertz CT molecular complexity index is 1780. The van der Waals surface area contributed by atoms with Gasteiger partial charge in [-0.25, -0.2) is 15.0 Å². The topological polar surface area (TPSA) is 195 Å². The molecule has 5 aromatic heterocycles. The van der Waals surface area contributed by atoms with Crippen LogP contribution in [-0.4, -0.2) is 64.7 Å². The normalized spacial score (nSPS) is 12.9. The molecule has 0 aliphatic heterocycles. The predicted molar refractivity (Wildman–Crippen MR) is 172 cm³/mol. The van der Waals surface area contributed by atoms with Gasteiger partial charge in [-0.1, -0.05) is 6.42 Å². The smallest absolute Gasteiger partial charge is 0.229 e.